The first-order chi connectivity index (χ1) is 13.1. The largest absolute Gasteiger partial charge is 0.490 e. The summed E-state index contributed by atoms with van der Waals surface area (Å²) in [5, 5.41) is 0.814. The van der Waals surface area contributed by atoms with Crippen LogP contribution in [0.5, 0.6) is 5.75 Å². The Balaban J connectivity index is 1.45. The Kier molecular flexibility index (Phi) is 5.09. The summed E-state index contributed by atoms with van der Waals surface area (Å²) < 4.78 is 5.51. The van der Waals surface area contributed by atoms with Crippen molar-refractivity contribution in [1.82, 2.24) is 14.9 Å². The van der Waals surface area contributed by atoms with E-state index in [2.05, 4.69) is 28.6 Å². The van der Waals surface area contributed by atoms with Gasteiger partial charge in [0.2, 0.25) is 0 Å². The molecule has 0 unspecified atom stereocenters. The van der Waals surface area contributed by atoms with Crippen molar-refractivity contribution in [2.45, 2.75) is 32.4 Å². The van der Waals surface area contributed by atoms with Gasteiger partial charge in [-0.2, -0.15) is 0 Å². The number of nitrogens with zero attached hydrogens (tertiary/aromatic N) is 2. The lowest BCUT2D eigenvalue weighted by Crippen LogP contribution is -2.21. The number of H-pyrrole nitrogens is 1. The molecule has 2 aromatic heterocycles. The van der Waals surface area contributed by atoms with Gasteiger partial charge in [0.15, 0.2) is 0 Å². The molecule has 0 fully saturated rings. The third-order valence-corrected chi connectivity index (χ3v) is 5.97. The summed E-state index contributed by atoms with van der Waals surface area (Å²) >= 11 is 1.68. The molecule has 0 saturated carbocycles. The highest BCUT2D eigenvalue weighted by Crippen LogP contribution is 2.34. The smallest absolute Gasteiger partial charge is 0.259 e. The van der Waals surface area contributed by atoms with E-state index in [4.69, 9.17) is 9.72 Å². The zero-order valence-electron chi connectivity index (χ0n) is 15.5. The van der Waals surface area contributed by atoms with Crippen LogP contribution in [0.25, 0.3) is 10.2 Å². The number of aryl methyl sites for hydroxylation is 2. The molecule has 0 spiro atoms. The molecule has 0 bridgehead atoms. The number of hydrogen-bond acceptors (Lipinski definition) is 5. The first-order valence-electron chi connectivity index (χ1n) is 9.18. The minimum Gasteiger partial charge on any atom is -0.490 e. The van der Waals surface area contributed by atoms with Crippen molar-refractivity contribution in [3.05, 3.63) is 69.1 Å². The van der Waals surface area contributed by atoms with Crippen molar-refractivity contribution in [3.63, 3.8) is 0 Å². The predicted octanol–water partition coefficient (Wildman–Crippen LogP) is 3.67. The van der Waals surface area contributed by atoms with Crippen LogP contribution in [-0.2, 0) is 25.9 Å². The van der Waals surface area contributed by atoms with E-state index in [-0.39, 0.29) is 5.56 Å². The molecule has 3 aromatic rings. The molecular weight excluding hydrogens is 358 g/mol. The average Bonchev–Trinajstić information content (AvgIpc) is 3.21. The van der Waals surface area contributed by atoms with Gasteiger partial charge in [0, 0.05) is 11.4 Å². The molecule has 2 heterocycles. The summed E-state index contributed by atoms with van der Waals surface area (Å²) in [7, 11) is 2.03. The Labute approximate surface area is 162 Å². The molecule has 0 atom stereocenters. The minimum atomic E-state index is 0.00604. The van der Waals surface area contributed by atoms with Crippen LogP contribution in [0.4, 0.5) is 0 Å². The Morgan fingerprint density at radius 1 is 1.30 bits per heavy atom. The van der Waals surface area contributed by atoms with Crippen molar-refractivity contribution in [2.75, 3.05) is 13.7 Å². The number of ether oxygens (including phenoxy) is 1. The van der Waals surface area contributed by atoms with Crippen LogP contribution in [0.3, 0.4) is 0 Å². The summed E-state index contributed by atoms with van der Waals surface area (Å²) in [6.07, 6.45) is 4.97. The first-order valence-corrected chi connectivity index (χ1v) is 10.0. The van der Waals surface area contributed by atoms with Gasteiger partial charge in [-0.25, -0.2) is 4.98 Å². The zero-order chi connectivity index (χ0) is 18.8. The zero-order valence-corrected chi connectivity index (χ0v) is 16.3. The van der Waals surface area contributed by atoms with Crippen molar-refractivity contribution >= 4 is 21.6 Å². The van der Waals surface area contributed by atoms with Gasteiger partial charge in [-0.05, 0) is 49.6 Å². The number of benzene rings is 1. The van der Waals surface area contributed by atoms with Gasteiger partial charge in [-0.15, -0.1) is 11.3 Å². The second-order valence-corrected chi connectivity index (χ2v) is 8.05. The monoisotopic (exact) mass is 381 g/mol. The Morgan fingerprint density at radius 2 is 2.11 bits per heavy atom. The van der Waals surface area contributed by atoms with E-state index in [1.54, 1.807) is 17.4 Å². The Hall–Kier alpha value is -2.44. The van der Waals surface area contributed by atoms with Crippen LogP contribution < -0.4 is 10.3 Å². The molecule has 1 aliphatic carbocycles. The molecule has 1 aromatic carbocycles. The molecule has 0 aliphatic heterocycles. The quantitative estimate of drug-likeness (QED) is 0.635. The Bertz CT molecular complexity index is 1020. The van der Waals surface area contributed by atoms with Gasteiger partial charge >= 0.3 is 0 Å². The van der Waals surface area contributed by atoms with Gasteiger partial charge < -0.3 is 9.72 Å². The van der Waals surface area contributed by atoms with Crippen LogP contribution in [-0.4, -0.2) is 28.5 Å². The number of thiophene rings is 1. The van der Waals surface area contributed by atoms with Crippen LogP contribution in [0, 0.1) is 0 Å². The van der Waals surface area contributed by atoms with Crippen molar-refractivity contribution in [3.8, 4) is 5.75 Å². The molecule has 1 aliphatic rings. The molecule has 4 rings (SSSR count). The van der Waals surface area contributed by atoms with Gasteiger partial charge in [0.05, 0.1) is 11.9 Å². The number of fused-ring (bicyclic) bond motifs is 3. The molecule has 5 nitrogen and oxygen atoms in total. The average molecular weight is 382 g/mol. The van der Waals surface area contributed by atoms with E-state index in [0.29, 0.717) is 13.2 Å². The van der Waals surface area contributed by atoms with E-state index < -0.39 is 0 Å². The molecule has 0 saturated heterocycles. The summed E-state index contributed by atoms with van der Waals surface area (Å²) in [6, 6.07) is 8.04. The standard InChI is InChI=1S/C21H23N3O2S/c1-3-11-26-15-9-7-14(8-10-15)12-24(2)13-18-22-20(25)19-16-5-4-6-17(16)27-21(19)23-18/h3,7-10H,1,4-6,11-13H2,2H3,(H,22,23,25). The highest BCUT2D eigenvalue weighted by molar-refractivity contribution is 7.18. The SMILES string of the molecule is C=CCOc1ccc(CN(C)Cc2nc3sc4c(c3c(=O)[nH]2)CCC4)cc1. The molecule has 1 N–H and O–H groups in total. The summed E-state index contributed by atoms with van der Waals surface area (Å²) in [5.41, 5.74) is 2.41. The molecule has 140 valence electrons. The molecule has 6 heteroatoms. The fourth-order valence-corrected chi connectivity index (χ4v) is 4.87. The van der Waals surface area contributed by atoms with Crippen LogP contribution in [0.15, 0.2) is 41.7 Å². The summed E-state index contributed by atoms with van der Waals surface area (Å²) in [5.74, 6) is 1.56. The lowest BCUT2D eigenvalue weighted by atomic mass is 10.2. The van der Waals surface area contributed by atoms with E-state index in [0.717, 1.165) is 47.6 Å². The van der Waals surface area contributed by atoms with Crippen molar-refractivity contribution in [1.29, 1.82) is 0 Å². The third-order valence-electron chi connectivity index (χ3n) is 4.79. The molecule has 0 radical (unpaired) electrons. The van der Waals surface area contributed by atoms with E-state index in [1.165, 1.54) is 16.0 Å². The maximum atomic E-state index is 12.6. The third kappa shape index (κ3) is 3.82. The van der Waals surface area contributed by atoms with E-state index >= 15 is 0 Å². The van der Waals surface area contributed by atoms with Gasteiger partial charge in [-0.1, -0.05) is 24.8 Å². The van der Waals surface area contributed by atoms with Crippen LogP contribution in [0.1, 0.15) is 28.2 Å². The fourth-order valence-electron chi connectivity index (χ4n) is 3.59. The topological polar surface area (TPSA) is 58.2 Å². The normalized spacial score (nSPS) is 13.3. The number of rotatable bonds is 7. The summed E-state index contributed by atoms with van der Waals surface area (Å²) in [6.45, 7) is 5.52. The van der Waals surface area contributed by atoms with Crippen molar-refractivity contribution < 1.29 is 4.74 Å². The van der Waals surface area contributed by atoms with E-state index in [1.807, 2.05) is 19.2 Å². The van der Waals surface area contributed by atoms with Crippen LogP contribution >= 0.6 is 11.3 Å². The maximum Gasteiger partial charge on any atom is 0.259 e. The second kappa shape index (κ2) is 7.66. The maximum absolute atomic E-state index is 12.6. The van der Waals surface area contributed by atoms with Crippen LogP contribution in [0.2, 0.25) is 0 Å². The van der Waals surface area contributed by atoms with Crippen molar-refractivity contribution in [2.24, 2.45) is 0 Å². The highest BCUT2D eigenvalue weighted by Gasteiger charge is 2.21. The van der Waals surface area contributed by atoms with Gasteiger partial charge in [-0.3, -0.25) is 9.69 Å². The number of aromatic amines is 1. The highest BCUT2D eigenvalue weighted by atomic mass is 32.1. The lowest BCUT2D eigenvalue weighted by molar-refractivity contribution is 0.310. The number of aromatic nitrogens is 2. The second-order valence-electron chi connectivity index (χ2n) is 6.97. The number of hydrogen-bond donors (Lipinski definition) is 1. The molecular formula is C21H23N3O2S. The van der Waals surface area contributed by atoms with E-state index in [9.17, 15) is 4.79 Å². The predicted molar refractivity (Wildman–Crippen MR) is 110 cm³/mol. The van der Waals surface area contributed by atoms with Gasteiger partial charge in [0.25, 0.3) is 5.56 Å². The van der Waals surface area contributed by atoms with Gasteiger partial charge in [0.1, 0.15) is 23.0 Å². The first kappa shape index (κ1) is 17.9. The Morgan fingerprint density at radius 3 is 2.89 bits per heavy atom. The molecule has 27 heavy (non-hydrogen) atoms. The minimum absolute atomic E-state index is 0.00604. The summed E-state index contributed by atoms with van der Waals surface area (Å²) in [4.78, 5) is 24.6. The number of nitrogens with one attached hydrogen (secondary N) is 1. The lowest BCUT2D eigenvalue weighted by Gasteiger charge is -2.16. The fraction of sp³-hybridized carbons (Fsp3) is 0.333. The molecule has 0 amide bonds.